The van der Waals surface area contributed by atoms with Crippen LogP contribution in [-0.4, -0.2) is 31.8 Å². The van der Waals surface area contributed by atoms with Gasteiger partial charge in [-0.3, -0.25) is 9.59 Å². The van der Waals surface area contributed by atoms with E-state index < -0.39 is 0 Å². The quantitative estimate of drug-likeness (QED) is 0.738. The largest absolute Gasteiger partial charge is 0.324 e. The first-order chi connectivity index (χ1) is 11.5. The third-order valence-electron chi connectivity index (χ3n) is 3.23. The Labute approximate surface area is 141 Å². The Bertz CT molecular complexity index is 885. The highest BCUT2D eigenvalue weighted by Gasteiger charge is 2.11. The number of fused-ring (bicyclic) bond motifs is 1. The van der Waals surface area contributed by atoms with Gasteiger partial charge < -0.3 is 10.6 Å². The SMILES string of the molecule is CC(C)C(=O)Nc1cn(CC(=O)Nc2ccc3ncsc3c2)nn1. The fourth-order valence-corrected chi connectivity index (χ4v) is 2.70. The molecule has 0 unspecified atom stereocenters. The summed E-state index contributed by atoms with van der Waals surface area (Å²) in [7, 11) is 0. The van der Waals surface area contributed by atoms with Crippen molar-refractivity contribution in [3.63, 3.8) is 0 Å². The van der Waals surface area contributed by atoms with Gasteiger partial charge in [0.2, 0.25) is 11.8 Å². The molecule has 0 aliphatic carbocycles. The monoisotopic (exact) mass is 344 g/mol. The maximum atomic E-state index is 12.1. The van der Waals surface area contributed by atoms with Gasteiger partial charge in [0, 0.05) is 11.6 Å². The predicted octanol–water partition coefficient (Wildman–Crippen LogP) is 2.12. The van der Waals surface area contributed by atoms with Gasteiger partial charge in [-0.1, -0.05) is 19.1 Å². The lowest BCUT2D eigenvalue weighted by Gasteiger charge is -2.05. The van der Waals surface area contributed by atoms with Gasteiger partial charge in [-0.15, -0.1) is 16.4 Å². The molecule has 2 N–H and O–H groups in total. The molecule has 2 heterocycles. The standard InChI is InChI=1S/C15H16N6O2S/c1-9(2)15(23)18-13-6-21(20-19-13)7-14(22)17-10-3-4-11-12(5-10)24-8-16-11/h3-6,8-9H,7H2,1-2H3,(H,17,22)(H,18,23). The Balaban J connectivity index is 1.60. The second kappa shape index (κ2) is 6.75. The normalized spacial score (nSPS) is 11.0. The number of nitrogens with one attached hydrogen (secondary N) is 2. The van der Waals surface area contributed by atoms with E-state index in [1.165, 1.54) is 22.2 Å². The van der Waals surface area contributed by atoms with Gasteiger partial charge in [-0.05, 0) is 18.2 Å². The molecule has 0 atom stereocenters. The molecule has 1 aromatic carbocycles. The van der Waals surface area contributed by atoms with Gasteiger partial charge in [0.15, 0.2) is 5.82 Å². The van der Waals surface area contributed by atoms with Crippen LogP contribution in [0.25, 0.3) is 10.2 Å². The minimum absolute atomic E-state index is 0.00523. The Morgan fingerprint density at radius 3 is 2.92 bits per heavy atom. The van der Waals surface area contributed by atoms with Crippen molar-refractivity contribution in [2.45, 2.75) is 20.4 Å². The Hall–Kier alpha value is -2.81. The number of hydrogen-bond acceptors (Lipinski definition) is 6. The number of aromatic nitrogens is 4. The molecule has 0 bridgehead atoms. The average Bonchev–Trinajstić information content (AvgIpc) is 3.15. The lowest BCUT2D eigenvalue weighted by atomic mass is 10.2. The second-order valence-electron chi connectivity index (χ2n) is 5.53. The van der Waals surface area contributed by atoms with E-state index in [9.17, 15) is 9.59 Å². The summed E-state index contributed by atoms with van der Waals surface area (Å²) in [6.07, 6.45) is 1.52. The van der Waals surface area contributed by atoms with Crippen LogP contribution >= 0.6 is 11.3 Å². The first kappa shape index (κ1) is 16.1. The van der Waals surface area contributed by atoms with Gasteiger partial charge in [-0.2, -0.15) is 0 Å². The fourth-order valence-electron chi connectivity index (χ4n) is 1.98. The maximum absolute atomic E-state index is 12.1. The summed E-state index contributed by atoms with van der Waals surface area (Å²) in [6, 6.07) is 5.53. The van der Waals surface area contributed by atoms with Crippen LogP contribution in [0, 0.1) is 5.92 Å². The van der Waals surface area contributed by atoms with E-state index in [0.717, 1.165) is 10.2 Å². The van der Waals surface area contributed by atoms with Crippen LogP contribution < -0.4 is 10.6 Å². The number of thiazole rings is 1. The summed E-state index contributed by atoms with van der Waals surface area (Å²) in [5.41, 5.74) is 3.36. The fraction of sp³-hybridized carbons (Fsp3) is 0.267. The molecular weight excluding hydrogens is 328 g/mol. The third kappa shape index (κ3) is 3.74. The van der Waals surface area contributed by atoms with E-state index in [1.807, 2.05) is 12.1 Å². The summed E-state index contributed by atoms with van der Waals surface area (Å²) in [6.45, 7) is 3.57. The highest BCUT2D eigenvalue weighted by Crippen LogP contribution is 2.21. The molecule has 0 saturated carbocycles. The predicted molar refractivity (Wildman–Crippen MR) is 91.7 cm³/mol. The average molecular weight is 344 g/mol. The van der Waals surface area contributed by atoms with Crippen LogP contribution in [0.1, 0.15) is 13.8 Å². The zero-order chi connectivity index (χ0) is 17.1. The van der Waals surface area contributed by atoms with Crippen molar-refractivity contribution in [1.82, 2.24) is 20.0 Å². The molecule has 3 rings (SSSR count). The van der Waals surface area contributed by atoms with Crippen molar-refractivity contribution >= 4 is 44.9 Å². The Morgan fingerprint density at radius 2 is 2.12 bits per heavy atom. The van der Waals surface area contributed by atoms with Gasteiger partial charge in [0.1, 0.15) is 6.54 Å². The number of rotatable bonds is 5. The van der Waals surface area contributed by atoms with E-state index in [0.29, 0.717) is 11.5 Å². The van der Waals surface area contributed by atoms with E-state index in [-0.39, 0.29) is 24.3 Å². The number of amides is 2. The summed E-state index contributed by atoms with van der Waals surface area (Å²) < 4.78 is 2.38. The molecule has 124 valence electrons. The topological polar surface area (TPSA) is 102 Å². The number of carbonyl (C=O) groups excluding carboxylic acids is 2. The van der Waals surface area contributed by atoms with E-state index >= 15 is 0 Å². The molecule has 0 aliphatic rings. The summed E-state index contributed by atoms with van der Waals surface area (Å²) in [5, 5.41) is 13.1. The molecule has 8 nitrogen and oxygen atoms in total. The Kier molecular flexibility index (Phi) is 4.52. The first-order valence-electron chi connectivity index (χ1n) is 7.35. The van der Waals surface area contributed by atoms with Crippen molar-refractivity contribution in [3.8, 4) is 0 Å². The van der Waals surface area contributed by atoms with Crippen LogP contribution in [0.3, 0.4) is 0 Å². The number of hydrogen-bond donors (Lipinski definition) is 2. The maximum Gasteiger partial charge on any atom is 0.246 e. The van der Waals surface area contributed by atoms with Gasteiger partial charge >= 0.3 is 0 Å². The zero-order valence-corrected chi connectivity index (χ0v) is 14.0. The molecule has 0 radical (unpaired) electrons. The second-order valence-corrected chi connectivity index (χ2v) is 6.41. The van der Waals surface area contributed by atoms with Crippen LogP contribution in [0.2, 0.25) is 0 Å². The molecule has 0 saturated heterocycles. The van der Waals surface area contributed by atoms with Gasteiger partial charge in [0.05, 0.1) is 21.9 Å². The van der Waals surface area contributed by atoms with E-state index in [2.05, 4.69) is 25.9 Å². The molecule has 0 fully saturated rings. The van der Waals surface area contributed by atoms with E-state index in [4.69, 9.17) is 0 Å². The molecule has 0 spiro atoms. The van der Waals surface area contributed by atoms with Gasteiger partial charge in [0.25, 0.3) is 0 Å². The number of benzene rings is 1. The molecule has 0 aliphatic heterocycles. The smallest absolute Gasteiger partial charge is 0.246 e. The van der Waals surface area contributed by atoms with Gasteiger partial charge in [-0.25, -0.2) is 9.67 Å². The first-order valence-corrected chi connectivity index (χ1v) is 8.23. The molecule has 2 aromatic heterocycles. The minimum atomic E-state index is -0.231. The third-order valence-corrected chi connectivity index (χ3v) is 4.03. The lowest BCUT2D eigenvalue weighted by Crippen LogP contribution is -2.19. The van der Waals surface area contributed by atoms with Crippen molar-refractivity contribution in [3.05, 3.63) is 29.9 Å². The highest BCUT2D eigenvalue weighted by molar-refractivity contribution is 7.16. The van der Waals surface area contributed by atoms with Crippen molar-refractivity contribution in [2.75, 3.05) is 10.6 Å². The van der Waals surface area contributed by atoms with Crippen LogP contribution in [0.4, 0.5) is 11.5 Å². The zero-order valence-electron chi connectivity index (χ0n) is 13.2. The number of nitrogens with zero attached hydrogens (tertiary/aromatic N) is 4. The minimum Gasteiger partial charge on any atom is -0.324 e. The van der Waals surface area contributed by atoms with Crippen LogP contribution in [0.5, 0.6) is 0 Å². The van der Waals surface area contributed by atoms with Crippen molar-refractivity contribution in [1.29, 1.82) is 0 Å². The van der Waals surface area contributed by atoms with Crippen molar-refractivity contribution < 1.29 is 9.59 Å². The van der Waals surface area contributed by atoms with E-state index in [1.54, 1.807) is 25.4 Å². The number of carbonyl (C=O) groups is 2. The lowest BCUT2D eigenvalue weighted by molar-refractivity contribution is -0.119. The molecule has 24 heavy (non-hydrogen) atoms. The summed E-state index contributed by atoms with van der Waals surface area (Å²) in [5.74, 6) is -0.206. The molecular formula is C15H16N6O2S. The summed E-state index contributed by atoms with van der Waals surface area (Å²) in [4.78, 5) is 27.9. The summed E-state index contributed by atoms with van der Waals surface area (Å²) >= 11 is 1.51. The Morgan fingerprint density at radius 1 is 1.29 bits per heavy atom. The molecule has 2 amide bonds. The van der Waals surface area contributed by atoms with Crippen LogP contribution in [0.15, 0.2) is 29.9 Å². The number of anilines is 2. The molecule has 3 aromatic rings. The highest BCUT2D eigenvalue weighted by atomic mass is 32.1. The van der Waals surface area contributed by atoms with Crippen molar-refractivity contribution in [2.24, 2.45) is 5.92 Å². The molecule has 9 heteroatoms. The van der Waals surface area contributed by atoms with Crippen LogP contribution in [-0.2, 0) is 16.1 Å².